The maximum Gasteiger partial charge on any atom is 0.236 e. The second-order valence-corrected chi connectivity index (χ2v) is 7.93. The Kier molecular flexibility index (Phi) is 4.44. The summed E-state index contributed by atoms with van der Waals surface area (Å²) in [6, 6.07) is 11.8. The SMILES string of the molecule is Cc1oc(-c2cccs2)nc1CC(=O)Nc1ccc(-c2nnnn2C2CC2)cc1. The van der Waals surface area contributed by atoms with Gasteiger partial charge in [0.2, 0.25) is 11.8 Å². The molecule has 1 aromatic carbocycles. The Balaban J connectivity index is 1.26. The predicted molar refractivity (Wildman–Crippen MR) is 108 cm³/mol. The van der Waals surface area contributed by atoms with Crippen molar-refractivity contribution in [2.45, 2.75) is 32.2 Å². The Morgan fingerprint density at radius 3 is 2.83 bits per heavy atom. The van der Waals surface area contributed by atoms with Crippen LogP contribution in [0.4, 0.5) is 5.69 Å². The van der Waals surface area contributed by atoms with Crippen LogP contribution in [-0.4, -0.2) is 31.1 Å². The number of thiophene rings is 1. The van der Waals surface area contributed by atoms with Crippen molar-refractivity contribution < 1.29 is 9.21 Å². The molecule has 3 heterocycles. The van der Waals surface area contributed by atoms with Crippen molar-refractivity contribution in [2.75, 3.05) is 5.32 Å². The van der Waals surface area contributed by atoms with Gasteiger partial charge < -0.3 is 9.73 Å². The van der Waals surface area contributed by atoms with E-state index in [1.165, 1.54) is 0 Å². The lowest BCUT2D eigenvalue weighted by atomic mass is 10.2. The molecular formula is C20H18N6O2S. The summed E-state index contributed by atoms with van der Waals surface area (Å²) < 4.78 is 7.57. The third-order valence-corrected chi connectivity index (χ3v) is 5.62. The van der Waals surface area contributed by atoms with Gasteiger partial charge in [-0.05, 0) is 65.9 Å². The zero-order chi connectivity index (χ0) is 19.8. The Hall–Kier alpha value is -3.33. The smallest absolute Gasteiger partial charge is 0.236 e. The van der Waals surface area contributed by atoms with Crippen LogP contribution in [0.5, 0.6) is 0 Å². The van der Waals surface area contributed by atoms with Gasteiger partial charge in [-0.2, -0.15) is 0 Å². The first-order valence-corrected chi connectivity index (χ1v) is 10.2. The van der Waals surface area contributed by atoms with Gasteiger partial charge in [0.1, 0.15) is 5.76 Å². The van der Waals surface area contributed by atoms with E-state index in [-0.39, 0.29) is 12.3 Å². The van der Waals surface area contributed by atoms with E-state index in [1.54, 1.807) is 11.3 Å². The Morgan fingerprint density at radius 1 is 1.28 bits per heavy atom. The minimum Gasteiger partial charge on any atom is -0.440 e. The molecule has 146 valence electrons. The standard InChI is InChI=1S/C20H18N6O2S/c1-12-16(22-20(28-12)17-3-2-10-29-17)11-18(27)21-14-6-4-13(5-7-14)19-23-24-25-26(19)15-8-9-15/h2-7,10,15H,8-9,11H2,1H3,(H,21,27). The number of amides is 1. The first-order chi connectivity index (χ1) is 14.2. The van der Waals surface area contributed by atoms with Gasteiger partial charge in [-0.3, -0.25) is 4.79 Å². The van der Waals surface area contributed by atoms with Crippen LogP contribution in [0.25, 0.3) is 22.2 Å². The number of hydrogen-bond donors (Lipinski definition) is 1. The number of carbonyl (C=O) groups is 1. The number of rotatable bonds is 6. The van der Waals surface area contributed by atoms with Crippen molar-refractivity contribution in [1.29, 1.82) is 0 Å². The van der Waals surface area contributed by atoms with Gasteiger partial charge in [0, 0.05) is 11.3 Å². The van der Waals surface area contributed by atoms with Gasteiger partial charge in [0.15, 0.2) is 5.82 Å². The van der Waals surface area contributed by atoms with Crippen LogP contribution in [-0.2, 0) is 11.2 Å². The van der Waals surface area contributed by atoms with E-state index in [0.717, 1.165) is 29.1 Å². The number of tetrazole rings is 1. The van der Waals surface area contributed by atoms with Crippen molar-refractivity contribution in [3.05, 3.63) is 53.2 Å². The van der Waals surface area contributed by atoms with Crippen LogP contribution in [0, 0.1) is 6.92 Å². The molecule has 0 bridgehead atoms. The predicted octanol–water partition coefficient (Wildman–Crippen LogP) is 3.88. The minimum atomic E-state index is -0.144. The molecule has 8 nitrogen and oxygen atoms in total. The van der Waals surface area contributed by atoms with Gasteiger partial charge in [-0.1, -0.05) is 6.07 Å². The van der Waals surface area contributed by atoms with E-state index >= 15 is 0 Å². The van der Waals surface area contributed by atoms with Crippen LogP contribution in [0.3, 0.4) is 0 Å². The van der Waals surface area contributed by atoms with E-state index in [1.807, 2.05) is 53.4 Å². The lowest BCUT2D eigenvalue weighted by Gasteiger charge is -2.06. The molecule has 3 aromatic heterocycles. The van der Waals surface area contributed by atoms with Crippen LogP contribution in [0.15, 0.2) is 46.2 Å². The lowest BCUT2D eigenvalue weighted by molar-refractivity contribution is -0.115. The molecule has 1 saturated carbocycles. The summed E-state index contributed by atoms with van der Waals surface area (Å²) in [5.41, 5.74) is 2.28. The highest BCUT2D eigenvalue weighted by Gasteiger charge is 2.28. The van der Waals surface area contributed by atoms with Gasteiger partial charge in [-0.25, -0.2) is 9.67 Å². The van der Waals surface area contributed by atoms with Gasteiger partial charge >= 0.3 is 0 Å². The van der Waals surface area contributed by atoms with E-state index in [0.29, 0.717) is 29.1 Å². The number of benzene rings is 1. The molecule has 1 aliphatic rings. The topological polar surface area (TPSA) is 98.7 Å². The van der Waals surface area contributed by atoms with E-state index < -0.39 is 0 Å². The molecule has 0 unspecified atom stereocenters. The van der Waals surface area contributed by atoms with Gasteiger partial charge in [0.25, 0.3) is 0 Å². The molecule has 0 saturated heterocycles. The summed E-state index contributed by atoms with van der Waals surface area (Å²) in [6.07, 6.45) is 2.38. The molecule has 0 spiro atoms. The number of carbonyl (C=O) groups excluding carboxylic acids is 1. The summed E-state index contributed by atoms with van der Waals surface area (Å²) >= 11 is 1.55. The molecule has 4 aromatic rings. The molecule has 0 aliphatic heterocycles. The fourth-order valence-corrected chi connectivity index (χ4v) is 3.76. The van der Waals surface area contributed by atoms with E-state index in [4.69, 9.17) is 4.42 Å². The number of anilines is 1. The average molecular weight is 406 g/mol. The summed E-state index contributed by atoms with van der Waals surface area (Å²) in [6.45, 7) is 1.82. The second kappa shape index (κ2) is 7.25. The van der Waals surface area contributed by atoms with Crippen LogP contribution in [0.1, 0.15) is 30.3 Å². The minimum absolute atomic E-state index is 0.144. The average Bonchev–Trinajstić information content (AvgIpc) is 3.11. The zero-order valence-corrected chi connectivity index (χ0v) is 16.5. The molecule has 29 heavy (non-hydrogen) atoms. The summed E-state index contributed by atoms with van der Waals surface area (Å²) in [7, 11) is 0. The highest BCUT2D eigenvalue weighted by Crippen LogP contribution is 2.36. The Labute approximate surface area is 170 Å². The van der Waals surface area contributed by atoms with Gasteiger partial charge in [-0.15, -0.1) is 16.4 Å². The summed E-state index contributed by atoms with van der Waals surface area (Å²) in [5.74, 6) is 1.82. The quantitative estimate of drug-likeness (QED) is 0.522. The monoisotopic (exact) mass is 406 g/mol. The fourth-order valence-electron chi connectivity index (χ4n) is 3.11. The number of oxazole rings is 1. The van der Waals surface area contributed by atoms with E-state index in [9.17, 15) is 4.79 Å². The number of aryl methyl sites for hydroxylation is 1. The molecule has 0 radical (unpaired) electrons. The lowest BCUT2D eigenvalue weighted by Crippen LogP contribution is -2.15. The van der Waals surface area contributed by atoms with Gasteiger partial charge in [0.05, 0.1) is 23.0 Å². The molecule has 1 amide bonds. The molecule has 1 N–H and O–H groups in total. The van der Waals surface area contributed by atoms with Crippen molar-refractivity contribution in [2.24, 2.45) is 0 Å². The summed E-state index contributed by atoms with van der Waals surface area (Å²) in [5, 5.41) is 16.9. The van der Waals surface area contributed by atoms with Crippen molar-refractivity contribution in [3.63, 3.8) is 0 Å². The normalized spacial score (nSPS) is 13.6. The van der Waals surface area contributed by atoms with Crippen LogP contribution in [0.2, 0.25) is 0 Å². The van der Waals surface area contributed by atoms with Crippen molar-refractivity contribution >= 4 is 22.9 Å². The first kappa shape index (κ1) is 17.7. The van der Waals surface area contributed by atoms with Crippen molar-refractivity contribution in [1.82, 2.24) is 25.2 Å². The Morgan fingerprint density at radius 2 is 2.10 bits per heavy atom. The summed E-state index contributed by atoms with van der Waals surface area (Å²) in [4.78, 5) is 17.9. The molecule has 1 aliphatic carbocycles. The highest BCUT2D eigenvalue weighted by molar-refractivity contribution is 7.13. The largest absolute Gasteiger partial charge is 0.440 e. The number of nitrogens with zero attached hydrogens (tertiary/aromatic N) is 5. The third kappa shape index (κ3) is 3.68. The van der Waals surface area contributed by atoms with E-state index in [2.05, 4.69) is 25.8 Å². The maximum atomic E-state index is 12.5. The van der Waals surface area contributed by atoms with Crippen LogP contribution < -0.4 is 5.32 Å². The molecule has 0 atom stereocenters. The fraction of sp³-hybridized carbons (Fsp3) is 0.250. The molecule has 9 heteroatoms. The first-order valence-electron chi connectivity index (χ1n) is 9.36. The molecular weight excluding hydrogens is 388 g/mol. The second-order valence-electron chi connectivity index (χ2n) is 6.98. The van der Waals surface area contributed by atoms with Crippen molar-refractivity contribution in [3.8, 4) is 22.2 Å². The van der Waals surface area contributed by atoms with Crippen LogP contribution >= 0.6 is 11.3 Å². The number of hydrogen-bond acceptors (Lipinski definition) is 7. The zero-order valence-electron chi connectivity index (χ0n) is 15.7. The Bertz CT molecular complexity index is 1140. The highest BCUT2D eigenvalue weighted by atomic mass is 32.1. The number of nitrogens with one attached hydrogen (secondary N) is 1. The molecule has 1 fully saturated rings. The maximum absolute atomic E-state index is 12.5. The third-order valence-electron chi connectivity index (χ3n) is 4.77. The molecule has 5 rings (SSSR count). The number of aromatic nitrogens is 5.